The van der Waals surface area contributed by atoms with Gasteiger partial charge in [-0.3, -0.25) is 0 Å². The van der Waals surface area contributed by atoms with Crippen molar-refractivity contribution in [1.29, 1.82) is 0 Å². The molecule has 1 atom stereocenters. The van der Waals surface area contributed by atoms with Gasteiger partial charge in [0.15, 0.2) is 0 Å². The Kier molecular flexibility index (Phi) is 5.95. The van der Waals surface area contributed by atoms with Crippen molar-refractivity contribution in [2.75, 3.05) is 13.2 Å². The van der Waals surface area contributed by atoms with Gasteiger partial charge in [-0.25, -0.2) is 0 Å². The quantitative estimate of drug-likeness (QED) is 0.417. The Hall–Kier alpha value is -1.01. The molecule has 1 aliphatic heterocycles. The van der Waals surface area contributed by atoms with Crippen molar-refractivity contribution in [1.82, 2.24) is 0 Å². The zero-order valence-corrected chi connectivity index (χ0v) is 10.5. The van der Waals surface area contributed by atoms with Crippen molar-refractivity contribution in [3.8, 4) is 11.8 Å². The van der Waals surface area contributed by atoms with Gasteiger partial charge < -0.3 is 9.57 Å². The number of ether oxygens (including phenoxy) is 1. The van der Waals surface area contributed by atoms with Crippen LogP contribution in [0.2, 0.25) is 0 Å². The average molecular weight is 223 g/mol. The van der Waals surface area contributed by atoms with Crippen molar-refractivity contribution in [3.05, 3.63) is 0 Å². The maximum atomic E-state index is 5.55. The molecule has 0 aliphatic carbocycles. The highest BCUT2D eigenvalue weighted by Gasteiger charge is 2.14. The van der Waals surface area contributed by atoms with Crippen molar-refractivity contribution >= 4 is 5.71 Å². The van der Waals surface area contributed by atoms with Gasteiger partial charge in [0.25, 0.3) is 0 Å². The standard InChI is InChI=1S/C13H21NO2/c1-4-7-13(11(2)3)14-16-10-12-8-5-6-9-15-12/h11-12H,5-6,8-10H2,1-3H3/b14-13+/t12-/m1/s1. The van der Waals surface area contributed by atoms with Crippen molar-refractivity contribution in [2.45, 2.75) is 46.1 Å². The van der Waals surface area contributed by atoms with Crippen LogP contribution in [-0.2, 0) is 9.57 Å². The zero-order valence-electron chi connectivity index (χ0n) is 10.5. The molecule has 1 fully saturated rings. The van der Waals surface area contributed by atoms with E-state index in [1.165, 1.54) is 12.8 Å². The lowest BCUT2D eigenvalue weighted by molar-refractivity contribution is -0.0397. The first-order valence-corrected chi connectivity index (χ1v) is 5.98. The van der Waals surface area contributed by atoms with Crippen molar-refractivity contribution < 1.29 is 9.57 Å². The monoisotopic (exact) mass is 223 g/mol. The third-order valence-electron chi connectivity index (χ3n) is 2.50. The molecule has 0 aromatic carbocycles. The summed E-state index contributed by atoms with van der Waals surface area (Å²) in [7, 11) is 0. The van der Waals surface area contributed by atoms with E-state index in [1.54, 1.807) is 0 Å². The van der Waals surface area contributed by atoms with Crippen LogP contribution in [-0.4, -0.2) is 25.0 Å². The predicted octanol–water partition coefficient (Wildman–Crippen LogP) is 2.61. The summed E-state index contributed by atoms with van der Waals surface area (Å²) in [5.41, 5.74) is 0.804. The van der Waals surface area contributed by atoms with Crippen LogP contribution in [0, 0.1) is 17.8 Å². The van der Waals surface area contributed by atoms with Crippen LogP contribution in [0.15, 0.2) is 5.16 Å². The van der Waals surface area contributed by atoms with Crippen molar-refractivity contribution in [3.63, 3.8) is 0 Å². The van der Waals surface area contributed by atoms with E-state index in [0.717, 1.165) is 18.7 Å². The molecule has 0 spiro atoms. The van der Waals surface area contributed by atoms with E-state index in [1.807, 2.05) is 6.92 Å². The number of oxime groups is 1. The molecule has 90 valence electrons. The Morgan fingerprint density at radius 2 is 2.31 bits per heavy atom. The molecular formula is C13H21NO2. The van der Waals surface area contributed by atoms with E-state index in [4.69, 9.17) is 9.57 Å². The summed E-state index contributed by atoms with van der Waals surface area (Å²) in [5.74, 6) is 6.10. The summed E-state index contributed by atoms with van der Waals surface area (Å²) in [4.78, 5) is 5.31. The Labute approximate surface area is 98.2 Å². The van der Waals surface area contributed by atoms with Gasteiger partial charge in [-0.1, -0.05) is 24.9 Å². The second kappa shape index (κ2) is 7.29. The maximum Gasteiger partial charge on any atom is 0.143 e. The molecule has 1 heterocycles. The van der Waals surface area contributed by atoms with Gasteiger partial charge >= 0.3 is 0 Å². The molecule has 0 N–H and O–H groups in total. The zero-order chi connectivity index (χ0) is 11.8. The molecular weight excluding hydrogens is 202 g/mol. The number of nitrogens with zero attached hydrogens (tertiary/aromatic N) is 1. The third-order valence-corrected chi connectivity index (χ3v) is 2.50. The first-order valence-electron chi connectivity index (χ1n) is 5.98. The van der Waals surface area contributed by atoms with Crippen LogP contribution >= 0.6 is 0 Å². The number of hydrogen-bond acceptors (Lipinski definition) is 3. The van der Waals surface area contributed by atoms with Crippen LogP contribution in [0.5, 0.6) is 0 Å². The Morgan fingerprint density at radius 3 is 2.88 bits per heavy atom. The number of rotatable bonds is 4. The van der Waals surface area contributed by atoms with E-state index < -0.39 is 0 Å². The molecule has 0 bridgehead atoms. The SMILES string of the molecule is CC#C/C(=N\OC[C@H]1CCCCO1)C(C)C. The predicted molar refractivity (Wildman–Crippen MR) is 65.3 cm³/mol. The summed E-state index contributed by atoms with van der Waals surface area (Å²) in [6, 6.07) is 0. The van der Waals surface area contributed by atoms with Crippen LogP contribution in [0.1, 0.15) is 40.0 Å². The maximum absolute atomic E-state index is 5.55. The van der Waals surface area contributed by atoms with Crippen LogP contribution in [0.4, 0.5) is 0 Å². The van der Waals surface area contributed by atoms with Gasteiger partial charge in [-0.2, -0.15) is 0 Å². The van der Waals surface area contributed by atoms with Gasteiger partial charge in [0.1, 0.15) is 12.3 Å². The van der Waals surface area contributed by atoms with E-state index >= 15 is 0 Å². The molecule has 0 aromatic heterocycles. The highest BCUT2D eigenvalue weighted by molar-refractivity contribution is 6.01. The normalized spacial score (nSPS) is 21.5. The second-order valence-electron chi connectivity index (χ2n) is 4.29. The molecule has 0 aromatic rings. The van der Waals surface area contributed by atoms with Gasteiger partial charge in [0.2, 0.25) is 0 Å². The van der Waals surface area contributed by atoms with E-state index in [2.05, 4.69) is 30.8 Å². The topological polar surface area (TPSA) is 30.8 Å². The Balaban J connectivity index is 2.34. The molecule has 3 nitrogen and oxygen atoms in total. The highest BCUT2D eigenvalue weighted by atomic mass is 16.6. The van der Waals surface area contributed by atoms with Gasteiger partial charge in [0, 0.05) is 12.5 Å². The molecule has 1 saturated heterocycles. The van der Waals surface area contributed by atoms with E-state index in [9.17, 15) is 0 Å². The second-order valence-corrected chi connectivity index (χ2v) is 4.29. The van der Waals surface area contributed by atoms with Crippen molar-refractivity contribution in [2.24, 2.45) is 11.1 Å². The fourth-order valence-electron chi connectivity index (χ4n) is 1.53. The minimum Gasteiger partial charge on any atom is -0.392 e. The van der Waals surface area contributed by atoms with Crippen LogP contribution < -0.4 is 0 Å². The van der Waals surface area contributed by atoms with E-state index in [0.29, 0.717) is 12.5 Å². The van der Waals surface area contributed by atoms with E-state index in [-0.39, 0.29) is 6.10 Å². The summed E-state index contributed by atoms with van der Waals surface area (Å²) < 4.78 is 5.55. The van der Waals surface area contributed by atoms with Gasteiger partial charge in [0.05, 0.1) is 6.10 Å². The lowest BCUT2D eigenvalue weighted by Crippen LogP contribution is -2.23. The number of hydrogen-bond donors (Lipinski definition) is 0. The fraction of sp³-hybridized carbons (Fsp3) is 0.769. The lowest BCUT2D eigenvalue weighted by atomic mass is 10.1. The molecule has 1 rings (SSSR count). The first-order chi connectivity index (χ1) is 7.74. The first kappa shape index (κ1) is 13.1. The molecule has 0 saturated carbocycles. The van der Waals surface area contributed by atoms with Gasteiger partial charge in [-0.05, 0) is 32.1 Å². The lowest BCUT2D eigenvalue weighted by Gasteiger charge is -2.21. The summed E-state index contributed by atoms with van der Waals surface area (Å²) in [6.07, 6.45) is 3.67. The highest BCUT2D eigenvalue weighted by Crippen LogP contribution is 2.12. The third kappa shape index (κ3) is 4.67. The summed E-state index contributed by atoms with van der Waals surface area (Å²) in [6.45, 7) is 7.32. The molecule has 3 heteroatoms. The Morgan fingerprint density at radius 1 is 1.50 bits per heavy atom. The fourth-order valence-corrected chi connectivity index (χ4v) is 1.53. The smallest absolute Gasteiger partial charge is 0.143 e. The van der Waals surface area contributed by atoms with Crippen LogP contribution in [0.25, 0.3) is 0 Å². The molecule has 16 heavy (non-hydrogen) atoms. The Bertz CT molecular complexity index is 280. The van der Waals surface area contributed by atoms with Gasteiger partial charge in [-0.15, -0.1) is 0 Å². The summed E-state index contributed by atoms with van der Waals surface area (Å²) >= 11 is 0. The largest absolute Gasteiger partial charge is 0.392 e. The van der Waals surface area contributed by atoms with Crippen LogP contribution in [0.3, 0.4) is 0 Å². The molecule has 0 radical (unpaired) electrons. The minimum absolute atomic E-state index is 0.209. The molecule has 0 unspecified atom stereocenters. The minimum atomic E-state index is 0.209. The molecule has 1 aliphatic rings. The molecule has 0 amide bonds. The average Bonchev–Trinajstić information content (AvgIpc) is 2.29. The summed E-state index contributed by atoms with van der Waals surface area (Å²) in [5, 5.41) is 4.07.